The summed E-state index contributed by atoms with van der Waals surface area (Å²) in [7, 11) is 0. The van der Waals surface area contributed by atoms with Crippen molar-refractivity contribution in [1.29, 1.82) is 0 Å². The van der Waals surface area contributed by atoms with Gasteiger partial charge in [0, 0.05) is 39.0 Å². The highest BCUT2D eigenvalue weighted by Gasteiger charge is 2.26. The van der Waals surface area contributed by atoms with Crippen molar-refractivity contribution in [3.8, 4) is 5.75 Å². The summed E-state index contributed by atoms with van der Waals surface area (Å²) in [6.07, 6.45) is 1.67. The average Bonchev–Trinajstić information content (AvgIpc) is 2.95. The molecule has 0 unspecified atom stereocenters. The normalized spacial score (nSPS) is 17.6. The molecule has 0 aromatic heterocycles. The van der Waals surface area contributed by atoms with Crippen LogP contribution < -0.4 is 10.2 Å². The van der Waals surface area contributed by atoms with Gasteiger partial charge in [-0.1, -0.05) is 18.2 Å². The van der Waals surface area contributed by atoms with Crippen molar-refractivity contribution in [1.82, 2.24) is 15.2 Å². The summed E-state index contributed by atoms with van der Waals surface area (Å²) >= 11 is 0. The van der Waals surface area contributed by atoms with Crippen molar-refractivity contribution in [3.05, 3.63) is 30.3 Å². The number of amides is 3. The first-order valence-electron chi connectivity index (χ1n) is 9.24. The second-order valence-corrected chi connectivity index (χ2v) is 6.53. The summed E-state index contributed by atoms with van der Waals surface area (Å²) in [4.78, 5) is 39.6. The number of rotatable bonds is 5. The van der Waals surface area contributed by atoms with Gasteiger partial charge in [0.25, 0.3) is 5.91 Å². The Morgan fingerprint density at radius 2 is 1.78 bits per heavy atom. The van der Waals surface area contributed by atoms with E-state index in [9.17, 15) is 14.4 Å². The number of carbonyl (C=O) groups is 3. The Kier molecular flexibility index (Phi) is 6.40. The Balaban J connectivity index is 1.45. The fourth-order valence-electron chi connectivity index (χ4n) is 3.11. The topological polar surface area (TPSA) is 91.3 Å². The molecule has 0 radical (unpaired) electrons. The number of hydrogen-bond donors (Lipinski definition) is 1. The molecule has 0 bridgehead atoms. The molecular weight excluding hydrogens is 348 g/mol. The van der Waals surface area contributed by atoms with Gasteiger partial charge in [0.1, 0.15) is 11.5 Å². The first-order chi connectivity index (χ1) is 13.1. The van der Waals surface area contributed by atoms with Crippen molar-refractivity contribution in [2.45, 2.75) is 25.7 Å². The molecule has 144 valence electrons. The molecule has 2 heterocycles. The average molecular weight is 372 g/mol. The van der Waals surface area contributed by atoms with E-state index in [0.29, 0.717) is 51.3 Å². The lowest BCUT2D eigenvalue weighted by atomic mass is 10.1. The zero-order valence-electron chi connectivity index (χ0n) is 15.2. The minimum Gasteiger partial charge on any atom is -0.493 e. The lowest BCUT2D eigenvalue weighted by Gasteiger charge is -2.23. The summed E-state index contributed by atoms with van der Waals surface area (Å²) in [5.74, 6) is 0.453. The minimum atomic E-state index is -0.170. The van der Waals surface area contributed by atoms with Crippen molar-refractivity contribution < 1.29 is 19.1 Å². The van der Waals surface area contributed by atoms with Crippen molar-refractivity contribution in [2.24, 2.45) is 5.10 Å². The third-order valence-electron chi connectivity index (χ3n) is 4.61. The molecule has 0 aliphatic carbocycles. The SMILES string of the molecule is O=C1CCC(C(=O)N2CCCN(C(=O)CCOc3ccccc3)CC2)=NN1. The van der Waals surface area contributed by atoms with Crippen molar-refractivity contribution in [3.63, 3.8) is 0 Å². The maximum absolute atomic E-state index is 12.5. The molecule has 0 saturated carbocycles. The molecule has 27 heavy (non-hydrogen) atoms. The van der Waals surface area contributed by atoms with E-state index in [1.54, 1.807) is 9.80 Å². The van der Waals surface area contributed by atoms with E-state index in [1.807, 2.05) is 30.3 Å². The van der Waals surface area contributed by atoms with Gasteiger partial charge >= 0.3 is 0 Å². The molecule has 0 spiro atoms. The summed E-state index contributed by atoms with van der Waals surface area (Å²) in [5.41, 5.74) is 2.73. The quantitative estimate of drug-likeness (QED) is 0.827. The van der Waals surface area contributed by atoms with Crippen LogP contribution in [-0.4, -0.2) is 66.0 Å². The van der Waals surface area contributed by atoms with Gasteiger partial charge in [-0.05, 0) is 18.6 Å². The Labute approximate surface area is 158 Å². The number of nitrogens with zero attached hydrogens (tertiary/aromatic N) is 3. The van der Waals surface area contributed by atoms with E-state index in [4.69, 9.17) is 4.74 Å². The van der Waals surface area contributed by atoms with Gasteiger partial charge in [-0.25, -0.2) is 5.43 Å². The number of ether oxygens (including phenoxy) is 1. The molecule has 8 heteroatoms. The molecule has 8 nitrogen and oxygen atoms in total. The Bertz CT molecular complexity index is 720. The fraction of sp³-hybridized carbons (Fsp3) is 0.474. The van der Waals surface area contributed by atoms with Crippen LogP contribution in [0.5, 0.6) is 5.75 Å². The lowest BCUT2D eigenvalue weighted by Crippen LogP contribution is -2.42. The molecule has 1 aromatic carbocycles. The number of carbonyl (C=O) groups excluding carboxylic acids is 3. The van der Waals surface area contributed by atoms with Crippen LogP contribution in [0, 0.1) is 0 Å². The maximum Gasteiger partial charge on any atom is 0.270 e. The minimum absolute atomic E-state index is 0.0301. The number of hydrogen-bond acceptors (Lipinski definition) is 5. The third-order valence-corrected chi connectivity index (χ3v) is 4.61. The van der Waals surface area contributed by atoms with Gasteiger partial charge in [-0.15, -0.1) is 0 Å². The van der Waals surface area contributed by atoms with Crippen LogP contribution in [0.4, 0.5) is 0 Å². The third kappa shape index (κ3) is 5.29. The van der Waals surface area contributed by atoms with Gasteiger partial charge < -0.3 is 14.5 Å². The summed E-state index contributed by atoms with van der Waals surface area (Å²) < 4.78 is 5.58. The van der Waals surface area contributed by atoms with E-state index >= 15 is 0 Å². The number of hydrazone groups is 1. The summed E-state index contributed by atoms with van der Waals surface area (Å²) in [6, 6.07) is 9.40. The van der Waals surface area contributed by atoms with Crippen LogP contribution in [0.2, 0.25) is 0 Å². The first kappa shape index (κ1) is 18.9. The predicted octanol–water partition coefficient (Wildman–Crippen LogP) is 0.782. The highest BCUT2D eigenvalue weighted by atomic mass is 16.5. The fourth-order valence-corrected chi connectivity index (χ4v) is 3.11. The summed E-state index contributed by atoms with van der Waals surface area (Å²) in [6.45, 7) is 2.50. The molecule has 3 amide bonds. The van der Waals surface area contributed by atoms with Crippen LogP contribution >= 0.6 is 0 Å². The highest BCUT2D eigenvalue weighted by Crippen LogP contribution is 2.11. The van der Waals surface area contributed by atoms with Gasteiger partial charge in [-0.2, -0.15) is 5.10 Å². The van der Waals surface area contributed by atoms with Crippen molar-refractivity contribution >= 4 is 23.4 Å². The van der Waals surface area contributed by atoms with Crippen LogP contribution in [-0.2, 0) is 14.4 Å². The number of para-hydroxylation sites is 1. The lowest BCUT2D eigenvalue weighted by molar-refractivity contribution is -0.132. The van der Waals surface area contributed by atoms with E-state index in [2.05, 4.69) is 10.5 Å². The van der Waals surface area contributed by atoms with Gasteiger partial charge in [0.05, 0.1) is 13.0 Å². The number of nitrogens with one attached hydrogen (secondary N) is 1. The van der Waals surface area contributed by atoms with E-state index < -0.39 is 0 Å². The van der Waals surface area contributed by atoms with Gasteiger partial charge in [-0.3, -0.25) is 14.4 Å². The zero-order chi connectivity index (χ0) is 19.1. The Hall–Kier alpha value is -2.90. The number of benzene rings is 1. The zero-order valence-corrected chi connectivity index (χ0v) is 15.2. The summed E-state index contributed by atoms with van der Waals surface area (Å²) in [5, 5.41) is 3.87. The smallest absolute Gasteiger partial charge is 0.270 e. The van der Waals surface area contributed by atoms with E-state index in [-0.39, 0.29) is 24.1 Å². The first-order valence-corrected chi connectivity index (χ1v) is 9.24. The molecule has 2 aliphatic heterocycles. The molecule has 1 aromatic rings. The molecule has 2 aliphatic rings. The molecule has 1 fully saturated rings. The standard InChI is InChI=1S/C19H24N4O4/c24-17-8-7-16(20-21-17)19(26)23-11-4-10-22(12-13-23)18(25)9-14-27-15-5-2-1-3-6-15/h1-3,5-6H,4,7-14H2,(H,21,24). The van der Waals surface area contributed by atoms with E-state index in [1.165, 1.54) is 0 Å². The molecule has 1 saturated heterocycles. The van der Waals surface area contributed by atoms with Crippen LogP contribution in [0.3, 0.4) is 0 Å². The van der Waals surface area contributed by atoms with Crippen LogP contribution in [0.25, 0.3) is 0 Å². The second kappa shape index (κ2) is 9.16. The molecule has 3 rings (SSSR count). The van der Waals surface area contributed by atoms with Gasteiger partial charge in [0.2, 0.25) is 11.8 Å². The van der Waals surface area contributed by atoms with Gasteiger partial charge in [0.15, 0.2) is 0 Å². The molecule has 0 atom stereocenters. The Morgan fingerprint density at radius 3 is 2.52 bits per heavy atom. The maximum atomic E-state index is 12.5. The van der Waals surface area contributed by atoms with Crippen LogP contribution in [0.15, 0.2) is 35.4 Å². The van der Waals surface area contributed by atoms with Crippen LogP contribution in [0.1, 0.15) is 25.7 Å². The second-order valence-electron chi connectivity index (χ2n) is 6.53. The largest absolute Gasteiger partial charge is 0.493 e. The van der Waals surface area contributed by atoms with Crippen molar-refractivity contribution in [2.75, 3.05) is 32.8 Å². The monoisotopic (exact) mass is 372 g/mol. The Morgan fingerprint density at radius 1 is 1.04 bits per heavy atom. The predicted molar refractivity (Wildman–Crippen MR) is 99.1 cm³/mol. The molecular formula is C19H24N4O4. The van der Waals surface area contributed by atoms with E-state index in [0.717, 1.165) is 12.2 Å². The highest BCUT2D eigenvalue weighted by molar-refractivity contribution is 6.39. The molecule has 1 N–H and O–H groups in total.